The van der Waals surface area contributed by atoms with Crippen molar-refractivity contribution in [1.82, 2.24) is 0 Å². The molecule has 14 heteroatoms. The van der Waals surface area contributed by atoms with Crippen molar-refractivity contribution in [3.63, 3.8) is 0 Å². The fourth-order valence-corrected chi connectivity index (χ4v) is 4.34. The number of rotatable bonds is 42. The van der Waals surface area contributed by atoms with Crippen LogP contribution in [0, 0.1) is 0 Å². The van der Waals surface area contributed by atoms with Gasteiger partial charge < -0.3 is 52.5 Å². The van der Waals surface area contributed by atoms with Gasteiger partial charge in [0.1, 0.15) is 13.2 Å². The van der Waals surface area contributed by atoms with E-state index in [1.807, 2.05) is 0 Å². The molecule has 0 spiro atoms. The molecule has 0 rings (SSSR count). The topological polar surface area (TPSA) is 164 Å². The lowest BCUT2D eigenvalue weighted by molar-refractivity contribution is -0.146. The molecule has 14 nitrogen and oxygen atoms in total. The van der Waals surface area contributed by atoms with E-state index in [9.17, 15) is 14.4 Å². The number of carbonyl (C=O) groups is 3. The molecule has 0 amide bonds. The number of carbonyl (C=O) groups excluding carboxylic acids is 2. The summed E-state index contributed by atoms with van der Waals surface area (Å²) in [5.41, 5.74) is 0. The Balaban J connectivity index is 3.15. The van der Waals surface area contributed by atoms with Crippen molar-refractivity contribution >= 4 is 17.9 Å². The maximum absolute atomic E-state index is 11.8. The second kappa shape index (κ2) is 41.5. The summed E-state index contributed by atoms with van der Waals surface area (Å²) in [6.07, 6.45) is 12.8. The van der Waals surface area contributed by atoms with Gasteiger partial charge in [-0.15, -0.1) is 0 Å². The van der Waals surface area contributed by atoms with Crippen molar-refractivity contribution < 1.29 is 66.9 Å². The van der Waals surface area contributed by atoms with Crippen LogP contribution in [0.15, 0.2) is 0 Å². The highest BCUT2D eigenvalue weighted by Gasteiger charge is 2.05. The van der Waals surface area contributed by atoms with Gasteiger partial charge in [0, 0.05) is 19.3 Å². The van der Waals surface area contributed by atoms with Gasteiger partial charge in [-0.25, -0.2) is 0 Å². The number of aliphatic carboxylic acids is 1. The molecular formula is C36H68O14. The van der Waals surface area contributed by atoms with Gasteiger partial charge in [-0.05, 0) is 19.3 Å². The maximum Gasteiger partial charge on any atom is 0.305 e. The number of carboxylic acid groups (broad SMARTS) is 1. The molecule has 0 unspecified atom stereocenters. The highest BCUT2D eigenvalue weighted by Crippen LogP contribution is 2.10. The second-order valence-corrected chi connectivity index (χ2v) is 11.5. The highest BCUT2D eigenvalue weighted by atomic mass is 16.6. The van der Waals surface area contributed by atoms with Crippen LogP contribution in [0.2, 0.25) is 0 Å². The molecule has 296 valence electrons. The van der Waals surface area contributed by atoms with Crippen LogP contribution in [0.25, 0.3) is 0 Å². The van der Waals surface area contributed by atoms with Crippen LogP contribution in [0.3, 0.4) is 0 Å². The van der Waals surface area contributed by atoms with E-state index >= 15 is 0 Å². The first-order valence-electron chi connectivity index (χ1n) is 18.7. The zero-order valence-electron chi connectivity index (χ0n) is 30.9. The zero-order chi connectivity index (χ0) is 36.4. The van der Waals surface area contributed by atoms with Crippen LogP contribution >= 0.6 is 0 Å². The fraction of sp³-hybridized carbons (Fsp3) is 0.917. The number of hydrogen-bond donors (Lipinski definition) is 1. The monoisotopic (exact) mass is 724 g/mol. The van der Waals surface area contributed by atoms with Gasteiger partial charge in [0.25, 0.3) is 0 Å². The molecule has 0 saturated heterocycles. The van der Waals surface area contributed by atoms with Crippen molar-refractivity contribution in [3.05, 3.63) is 0 Å². The molecule has 0 radical (unpaired) electrons. The fourth-order valence-electron chi connectivity index (χ4n) is 4.34. The number of hydrogen-bond acceptors (Lipinski definition) is 13. The van der Waals surface area contributed by atoms with Crippen LogP contribution in [0.5, 0.6) is 0 Å². The first-order chi connectivity index (χ1) is 24.6. The minimum atomic E-state index is -0.864. The third kappa shape index (κ3) is 42.3. The molecule has 0 heterocycles. The van der Waals surface area contributed by atoms with E-state index in [2.05, 4.69) is 6.92 Å². The van der Waals surface area contributed by atoms with Crippen molar-refractivity contribution in [1.29, 1.82) is 0 Å². The Bertz CT molecular complexity index is 740. The number of carboxylic acids is 1. The molecule has 0 aliphatic heterocycles. The van der Waals surface area contributed by atoms with Gasteiger partial charge in [-0.3, -0.25) is 14.4 Å². The predicted octanol–water partition coefficient (Wildman–Crippen LogP) is 4.77. The summed E-state index contributed by atoms with van der Waals surface area (Å²) in [6, 6.07) is 0. The lowest BCUT2D eigenvalue weighted by Gasteiger charge is -2.09. The van der Waals surface area contributed by atoms with Crippen molar-refractivity contribution in [2.75, 3.05) is 119 Å². The summed E-state index contributed by atoms with van der Waals surface area (Å²) in [5, 5.41) is 8.55. The molecule has 50 heavy (non-hydrogen) atoms. The number of unbranched alkanes of at least 4 members (excludes halogenated alkanes) is 9. The van der Waals surface area contributed by atoms with Crippen molar-refractivity contribution in [2.24, 2.45) is 0 Å². The standard InChI is InChI=1S/C36H68O14/c1-2-3-4-5-6-7-8-9-10-14-35(39)49-32-30-47-28-26-45-24-22-43-20-18-41-16-17-42-19-21-44-23-25-46-27-29-48-31-33-50-36(40)15-12-11-13-34(37)38/h2-33H2,1H3,(H,37,38). The maximum atomic E-state index is 11.8. The Kier molecular flexibility index (Phi) is 39.9. The normalized spacial score (nSPS) is 11.2. The van der Waals surface area contributed by atoms with Crippen molar-refractivity contribution in [3.8, 4) is 0 Å². The zero-order valence-corrected chi connectivity index (χ0v) is 30.9. The average Bonchev–Trinajstić information content (AvgIpc) is 3.10. The molecule has 0 aliphatic carbocycles. The first-order valence-corrected chi connectivity index (χ1v) is 18.7. The summed E-state index contributed by atoms with van der Waals surface area (Å²) >= 11 is 0. The minimum absolute atomic E-state index is 0.0589. The van der Waals surface area contributed by atoms with Gasteiger partial charge in [-0.1, -0.05) is 58.3 Å². The Labute approximate surface area is 300 Å². The summed E-state index contributed by atoms with van der Waals surface area (Å²) in [5.74, 6) is -1.36. The van der Waals surface area contributed by atoms with Gasteiger partial charge in [0.05, 0.1) is 106 Å². The van der Waals surface area contributed by atoms with E-state index in [-0.39, 0.29) is 44.6 Å². The molecular weight excluding hydrogens is 656 g/mol. The Morgan fingerprint density at radius 1 is 0.340 bits per heavy atom. The lowest BCUT2D eigenvalue weighted by atomic mass is 10.1. The Hall–Kier alpha value is -1.91. The lowest BCUT2D eigenvalue weighted by Crippen LogP contribution is -2.15. The van der Waals surface area contributed by atoms with E-state index in [4.69, 9.17) is 52.5 Å². The second-order valence-electron chi connectivity index (χ2n) is 11.5. The van der Waals surface area contributed by atoms with Crippen LogP contribution in [0.4, 0.5) is 0 Å². The third-order valence-corrected chi connectivity index (χ3v) is 7.09. The average molecular weight is 725 g/mol. The van der Waals surface area contributed by atoms with Crippen molar-refractivity contribution in [2.45, 2.75) is 96.8 Å². The molecule has 0 bridgehead atoms. The van der Waals surface area contributed by atoms with Crippen LogP contribution in [-0.2, 0) is 61.8 Å². The Morgan fingerprint density at radius 2 is 0.580 bits per heavy atom. The molecule has 0 atom stereocenters. The van der Waals surface area contributed by atoms with E-state index in [0.29, 0.717) is 118 Å². The molecule has 0 aromatic rings. The third-order valence-electron chi connectivity index (χ3n) is 7.09. The molecule has 0 saturated carbocycles. The molecule has 1 N–H and O–H groups in total. The minimum Gasteiger partial charge on any atom is -0.481 e. The van der Waals surface area contributed by atoms with E-state index in [1.165, 1.54) is 44.9 Å². The summed E-state index contributed by atoms with van der Waals surface area (Å²) < 4.78 is 53.7. The van der Waals surface area contributed by atoms with Gasteiger partial charge >= 0.3 is 17.9 Å². The predicted molar refractivity (Wildman–Crippen MR) is 186 cm³/mol. The molecule has 0 aliphatic rings. The summed E-state index contributed by atoms with van der Waals surface area (Å²) in [6.45, 7) is 9.67. The number of ether oxygens (including phenoxy) is 10. The van der Waals surface area contributed by atoms with Gasteiger partial charge in [0.2, 0.25) is 0 Å². The number of esters is 2. The summed E-state index contributed by atoms with van der Waals surface area (Å²) in [7, 11) is 0. The van der Waals surface area contributed by atoms with Crippen LogP contribution in [0.1, 0.15) is 96.8 Å². The van der Waals surface area contributed by atoms with Gasteiger partial charge in [-0.2, -0.15) is 0 Å². The van der Waals surface area contributed by atoms with Gasteiger partial charge in [0.15, 0.2) is 0 Å². The van der Waals surface area contributed by atoms with E-state index < -0.39 is 5.97 Å². The van der Waals surface area contributed by atoms with E-state index in [1.54, 1.807) is 0 Å². The molecule has 0 fully saturated rings. The smallest absolute Gasteiger partial charge is 0.305 e. The van der Waals surface area contributed by atoms with Crippen LogP contribution < -0.4 is 0 Å². The quantitative estimate of drug-likeness (QED) is 0.0676. The summed E-state index contributed by atoms with van der Waals surface area (Å²) in [4.78, 5) is 33.7. The largest absolute Gasteiger partial charge is 0.481 e. The molecule has 0 aromatic carbocycles. The SMILES string of the molecule is CCCCCCCCCCCC(=O)OCCOCCOCCOCCOCCOCCOCCOCCOCCOC(=O)CCCCC(=O)O. The highest BCUT2D eigenvalue weighted by molar-refractivity contribution is 5.70. The molecule has 0 aromatic heterocycles. The van der Waals surface area contributed by atoms with Crippen LogP contribution in [-0.4, -0.2) is 142 Å². The Morgan fingerprint density at radius 3 is 0.880 bits per heavy atom. The first kappa shape index (κ1) is 48.1. The van der Waals surface area contributed by atoms with E-state index in [0.717, 1.165) is 12.8 Å².